The molecule has 1 unspecified atom stereocenters. The van der Waals surface area contributed by atoms with E-state index in [0.717, 1.165) is 29.4 Å². The van der Waals surface area contributed by atoms with E-state index in [2.05, 4.69) is 56.4 Å². The number of H-pyrrole nitrogens is 1. The molecule has 0 saturated carbocycles. The zero-order valence-corrected chi connectivity index (χ0v) is 14.1. The number of carbonyl (C=O) groups is 1. The first-order valence-electron chi connectivity index (χ1n) is 8.22. The van der Waals surface area contributed by atoms with Gasteiger partial charge in [-0.2, -0.15) is 16.4 Å². The fourth-order valence-corrected chi connectivity index (χ4v) is 4.79. The van der Waals surface area contributed by atoms with Crippen LogP contribution in [-0.4, -0.2) is 52.6 Å². The third-order valence-electron chi connectivity index (χ3n) is 5.46. The van der Waals surface area contributed by atoms with Gasteiger partial charge in [-0.15, -0.1) is 0 Å². The summed E-state index contributed by atoms with van der Waals surface area (Å²) in [5.41, 5.74) is 3.78. The van der Waals surface area contributed by atoms with Crippen LogP contribution in [0, 0.1) is 0 Å². The molecule has 2 aromatic heterocycles. The maximum absolute atomic E-state index is 13.2. The molecule has 1 aromatic carbocycles. The Kier molecular flexibility index (Phi) is 3.13. The number of piperazine rings is 1. The van der Waals surface area contributed by atoms with E-state index in [4.69, 9.17) is 0 Å². The van der Waals surface area contributed by atoms with Crippen LogP contribution in [0.25, 0.3) is 22.0 Å². The van der Waals surface area contributed by atoms with Crippen molar-refractivity contribution in [2.75, 3.05) is 13.6 Å². The van der Waals surface area contributed by atoms with Gasteiger partial charge in [0.2, 0.25) is 5.78 Å². The Morgan fingerprint density at radius 3 is 3.00 bits per heavy atom. The van der Waals surface area contributed by atoms with Gasteiger partial charge in [0.1, 0.15) is 5.69 Å². The number of aromatic amines is 1. The molecule has 2 saturated heterocycles. The highest BCUT2D eigenvalue weighted by molar-refractivity contribution is 7.08. The smallest absolute Gasteiger partial charge is 0.202 e. The summed E-state index contributed by atoms with van der Waals surface area (Å²) in [6.07, 6.45) is 1.05. The van der Waals surface area contributed by atoms with Crippen molar-refractivity contribution in [2.45, 2.75) is 24.5 Å². The van der Waals surface area contributed by atoms with Gasteiger partial charge in [0.15, 0.2) is 0 Å². The minimum Gasteiger partial charge on any atom is -0.310 e. The van der Waals surface area contributed by atoms with E-state index in [0.29, 0.717) is 11.7 Å². The summed E-state index contributed by atoms with van der Waals surface area (Å²) in [5.74, 6) is 0.117. The van der Waals surface area contributed by atoms with E-state index >= 15 is 0 Å². The van der Waals surface area contributed by atoms with Crippen LogP contribution in [0.5, 0.6) is 0 Å². The SMILES string of the molecule is CN1C(C(=O)c2n[nH]c3ccc(-c4ccsc4)cc23)[C@H]2C[C@H]1CN2. The summed E-state index contributed by atoms with van der Waals surface area (Å²) in [6, 6.07) is 8.86. The monoisotopic (exact) mass is 338 g/mol. The molecule has 2 N–H and O–H groups in total. The molecule has 2 fully saturated rings. The summed E-state index contributed by atoms with van der Waals surface area (Å²) >= 11 is 1.68. The Morgan fingerprint density at radius 2 is 2.25 bits per heavy atom. The molecular weight excluding hydrogens is 320 g/mol. The fraction of sp³-hybridized carbons (Fsp3) is 0.333. The van der Waals surface area contributed by atoms with Crippen LogP contribution in [0.2, 0.25) is 0 Å². The average Bonchev–Trinajstić information content (AvgIpc) is 3.36. The maximum atomic E-state index is 13.2. The van der Waals surface area contributed by atoms with Crippen molar-refractivity contribution in [2.24, 2.45) is 0 Å². The minimum atomic E-state index is -0.111. The van der Waals surface area contributed by atoms with Crippen molar-refractivity contribution in [3.63, 3.8) is 0 Å². The lowest BCUT2D eigenvalue weighted by Gasteiger charge is -2.30. The van der Waals surface area contributed by atoms with Gasteiger partial charge in [0, 0.05) is 24.0 Å². The molecule has 6 heteroatoms. The second-order valence-corrected chi connectivity index (χ2v) is 7.50. The van der Waals surface area contributed by atoms with Crippen molar-refractivity contribution < 1.29 is 4.79 Å². The highest BCUT2D eigenvalue weighted by Crippen LogP contribution is 2.32. The van der Waals surface area contributed by atoms with Crippen LogP contribution in [0.15, 0.2) is 35.0 Å². The highest BCUT2D eigenvalue weighted by Gasteiger charge is 2.48. The van der Waals surface area contributed by atoms with Crippen molar-refractivity contribution in [3.8, 4) is 11.1 Å². The molecule has 4 heterocycles. The van der Waals surface area contributed by atoms with Crippen molar-refractivity contribution in [1.82, 2.24) is 20.4 Å². The standard InChI is InChI=1S/C18H18N4OS/c1-22-12-7-15(19-8-12)17(22)18(23)16-13-6-10(11-4-5-24-9-11)2-3-14(13)20-21-16/h2-6,9,12,15,17,19H,7-8H2,1H3,(H,20,21)/t12-,15+,17?/m0/s1. The quantitative estimate of drug-likeness (QED) is 0.721. The van der Waals surface area contributed by atoms with Crippen LogP contribution >= 0.6 is 11.3 Å². The number of likely N-dealkylation sites (tertiary alicyclic amines) is 1. The first-order chi connectivity index (χ1) is 11.7. The Labute approximate surface area is 143 Å². The van der Waals surface area contributed by atoms with E-state index in [-0.39, 0.29) is 17.9 Å². The lowest BCUT2D eigenvalue weighted by Crippen LogP contribution is -2.53. The van der Waals surface area contributed by atoms with Crippen LogP contribution in [0.4, 0.5) is 0 Å². The molecule has 0 radical (unpaired) electrons. The summed E-state index contributed by atoms with van der Waals surface area (Å²) in [4.78, 5) is 15.4. The number of hydrogen-bond acceptors (Lipinski definition) is 5. The molecule has 3 atom stereocenters. The van der Waals surface area contributed by atoms with Crippen LogP contribution in [-0.2, 0) is 0 Å². The molecular formula is C18H18N4OS. The lowest BCUT2D eigenvalue weighted by molar-refractivity contribution is 0.0811. The molecule has 0 spiro atoms. The van der Waals surface area contributed by atoms with E-state index < -0.39 is 0 Å². The first-order valence-corrected chi connectivity index (χ1v) is 9.17. The average molecular weight is 338 g/mol. The van der Waals surface area contributed by atoms with Crippen LogP contribution in [0.1, 0.15) is 16.9 Å². The van der Waals surface area contributed by atoms with Crippen LogP contribution < -0.4 is 5.32 Å². The molecule has 3 aromatic rings. The third-order valence-corrected chi connectivity index (χ3v) is 6.14. The Morgan fingerprint density at radius 1 is 1.33 bits per heavy atom. The van der Waals surface area contributed by atoms with Crippen LogP contribution in [0.3, 0.4) is 0 Å². The Balaban J connectivity index is 1.57. The number of fused-ring (bicyclic) bond motifs is 3. The van der Waals surface area contributed by atoms with Gasteiger partial charge in [0.25, 0.3) is 0 Å². The van der Waals surface area contributed by atoms with Crippen molar-refractivity contribution in [3.05, 3.63) is 40.7 Å². The normalized spacial score (nSPS) is 26.5. The van der Waals surface area contributed by atoms with Gasteiger partial charge in [-0.3, -0.25) is 14.8 Å². The van der Waals surface area contributed by atoms with Gasteiger partial charge >= 0.3 is 0 Å². The van der Waals surface area contributed by atoms with Gasteiger partial charge in [0.05, 0.1) is 11.6 Å². The number of benzene rings is 1. The Bertz CT molecular complexity index is 914. The van der Waals surface area contributed by atoms with Gasteiger partial charge in [-0.1, -0.05) is 6.07 Å². The molecule has 0 amide bonds. The van der Waals surface area contributed by atoms with Gasteiger partial charge in [-0.05, 0) is 53.6 Å². The molecule has 2 bridgehead atoms. The first kappa shape index (κ1) is 14.3. The highest BCUT2D eigenvalue weighted by atomic mass is 32.1. The molecule has 0 aliphatic carbocycles. The van der Waals surface area contributed by atoms with Gasteiger partial charge in [-0.25, -0.2) is 0 Å². The topological polar surface area (TPSA) is 61.0 Å². The molecule has 2 aliphatic rings. The summed E-state index contributed by atoms with van der Waals surface area (Å²) in [6.45, 7) is 0.981. The number of aromatic nitrogens is 2. The lowest BCUT2D eigenvalue weighted by atomic mass is 9.99. The number of rotatable bonds is 3. The number of ketones is 1. The number of nitrogens with one attached hydrogen (secondary N) is 2. The summed E-state index contributed by atoms with van der Waals surface area (Å²) in [7, 11) is 2.06. The number of likely N-dealkylation sites (N-methyl/N-ethyl adjacent to an activating group) is 1. The third kappa shape index (κ3) is 2.00. The van der Waals surface area contributed by atoms with E-state index in [9.17, 15) is 4.79 Å². The zero-order valence-electron chi connectivity index (χ0n) is 13.3. The second kappa shape index (κ2) is 5.24. The van der Waals surface area contributed by atoms with Gasteiger partial charge < -0.3 is 5.32 Å². The largest absolute Gasteiger partial charge is 0.310 e. The predicted octanol–water partition coefficient (Wildman–Crippen LogP) is 2.52. The second-order valence-electron chi connectivity index (χ2n) is 6.72. The van der Waals surface area contributed by atoms with E-state index in [1.807, 2.05) is 6.07 Å². The predicted molar refractivity (Wildman–Crippen MR) is 95.5 cm³/mol. The maximum Gasteiger partial charge on any atom is 0.202 e. The summed E-state index contributed by atoms with van der Waals surface area (Å²) < 4.78 is 0. The molecule has 122 valence electrons. The van der Waals surface area contributed by atoms with Crippen molar-refractivity contribution >= 4 is 28.0 Å². The number of thiophene rings is 1. The van der Waals surface area contributed by atoms with E-state index in [1.165, 1.54) is 5.56 Å². The number of nitrogens with zero attached hydrogens (tertiary/aromatic N) is 2. The minimum absolute atomic E-state index is 0.111. The zero-order chi connectivity index (χ0) is 16.3. The fourth-order valence-electron chi connectivity index (χ4n) is 4.13. The van der Waals surface area contributed by atoms with Crippen molar-refractivity contribution in [1.29, 1.82) is 0 Å². The number of hydrogen-bond donors (Lipinski definition) is 2. The Hall–Kier alpha value is -2.02. The molecule has 5 nitrogen and oxygen atoms in total. The molecule has 5 rings (SSSR count). The summed E-state index contributed by atoms with van der Waals surface area (Å²) in [5, 5.41) is 15.9. The number of carbonyl (C=O) groups excluding carboxylic acids is 1. The van der Waals surface area contributed by atoms with E-state index in [1.54, 1.807) is 11.3 Å². The molecule has 2 aliphatic heterocycles. The number of Topliss-reactive ketones (excluding diaryl/α,β-unsaturated/α-hetero) is 1. The molecule has 24 heavy (non-hydrogen) atoms.